The summed E-state index contributed by atoms with van der Waals surface area (Å²) in [6.45, 7) is 0.698. The first-order valence-corrected chi connectivity index (χ1v) is 7.19. The first-order valence-electron chi connectivity index (χ1n) is 6.27. The Bertz CT molecular complexity index is 475. The van der Waals surface area contributed by atoms with Gasteiger partial charge < -0.3 is 4.90 Å². The van der Waals surface area contributed by atoms with E-state index in [-0.39, 0.29) is 17.9 Å². The zero-order chi connectivity index (χ0) is 14.0. The SMILES string of the molecule is CN(CC1CC(Br)C1)C(=O)Cc1ccc(F)cc1F. The lowest BCUT2D eigenvalue weighted by molar-refractivity contribution is -0.130. The summed E-state index contributed by atoms with van der Waals surface area (Å²) in [4.78, 5) is 14.2. The van der Waals surface area contributed by atoms with E-state index in [4.69, 9.17) is 0 Å². The number of alkyl halides is 1. The highest BCUT2D eigenvalue weighted by Crippen LogP contribution is 2.33. The van der Waals surface area contributed by atoms with E-state index in [0.29, 0.717) is 17.3 Å². The molecule has 1 aliphatic carbocycles. The lowest BCUT2D eigenvalue weighted by Gasteiger charge is -2.34. The van der Waals surface area contributed by atoms with Gasteiger partial charge in [-0.25, -0.2) is 8.78 Å². The quantitative estimate of drug-likeness (QED) is 0.776. The number of halogens is 3. The van der Waals surface area contributed by atoms with Crippen molar-refractivity contribution in [3.63, 3.8) is 0 Å². The van der Waals surface area contributed by atoms with Crippen molar-refractivity contribution in [2.24, 2.45) is 5.92 Å². The van der Waals surface area contributed by atoms with Crippen LogP contribution in [0.3, 0.4) is 0 Å². The summed E-state index contributed by atoms with van der Waals surface area (Å²) in [5, 5.41) is 0. The maximum Gasteiger partial charge on any atom is 0.226 e. The molecule has 0 aromatic heterocycles. The number of hydrogen-bond acceptors (Lipinski definition) is 1. The van der Waals surface area contributed by atoms with Crippen molar-refractivity contribution in [2.45, 2.75) is 24.1 Å². The highest BCUT2D eigenvalue weighted by molar-refractivity contribution is 9.09. The summed E-state index contributed by atoms with van der Waals surface area (Å²) in [6.07, 6.45) is 2.12. The summed E-state index contributed by atoms with van der Waals surface area (Å²) in [6, 6.07) is 3.31. The van der Waals surface area contributed by atoms with Gasteiger partial charge in [-0.2, -0.15) is 0 Å². The minimum atomic E-state index is -0.661. The van der Waals surface area contributed by atoms with Crippen molar-refractivity contribution in [1.82, 2.24) is 4.90 Å². The first kappa shape index (κ1) is 14.4. The van der Waals surface area contributed by atoms with Gasteiger partial charge in [-0.15, -0.1) is 0 Å². The Morgan fingerprint density at radius 1 is 1.42 bits per heavy atom. The average Bonchev–Trinajstić information content (AvgIpc) is 2.30. The molecule has 0 saturated heterocycles. The van der Waals surface area contributed by atoms with Gasteiger partial charge in [-0.3, -0.25) is 4.79 Å². The minimum absolute atomic E-state index is 0.0208. The Balaban J connectivity index is 1.89. The van der Waals surface area contributed by atoms with Gasteiger partial charge in [0.15, 0.2) is 0 Å². The molecule has 0 spiro atoms. The van der Waals surface area contributed by atoms with Gasteiger partial charge in [0.1, 0.15) is 11.6 Å². The molecule has 0 aliphatic heterocycles. The molecule has 1 saturated carbocycles. The van der Waals surface area contributed by atoms with E-state index in [1.165, 1.54) is 12.1 Å². The summed E-state index contributed by atoms with van der Waals surface area (Å²) < 4.78 is 26.2. The summed E-state index contributed by atoms with van der Waals surface area (Å²) in [5.41, 5.74) is 0.241. The predicted molar refractivity (Wildman–Crippen MR) is 73.1 cm³/mol. The van der Waals surface area contributed by atoms with Gasteiger partial charge in [0, 0.05) is 24.5 Å². The molecule has 19 heavy (non-hydrogen) atoms. The molecular weight excluding hydrogens is 316 g/mol. The summed E-state index contributed by atoms with van der Waals surface area (Å²) >= 11 is 3.51. The van der Waals surface area contributed by atoms with Crippen LogP contribution in [0.5, 0.6) is 0 Å². The fourth-order valence-electron chi connectivity index (χ4n) is 2.26. The van der Waals surface area contributed by atoms with Gasteiger partial charge in [0.05, 0.1) is 6.42 Å². The zero-order valence-corrected chi connectivity index (χ0v) is 12.3. The van der Waals surface area contributed by atoms with Crippen molar-refractivity contribution < 1.29 is 13.6 Å². The summed E-state index contributed by atoms with van der Waals surface area (Å²) in [7, 11) is 1.73. The second kappa shape index (κ2) is 5.99. The Kier molecular flexibility index (Phi) is 4.55. The molecule has 1 fully saturated rings. The van der Waals surface area contributed by atoms with Gasteiger partial charge in [-0.05, 0) is 30.4 Å². The molecule has 0 N–H and O–H groups in total. The Morgan fingerprint density at radius 3 is 2.68 bits per heavy atom. The van der Waals surface area contributed by atoms with Crippen molar-refractivity contribution in [3.05, 3.63) is 35.4 Å². The fourth-order valence-corrected chi connectivity index (χ4v) is 3.31. The van der Waals surface area contributed by atoms with E-state index >= 15 is 0 Å². The number of nitrogens with zero attached hydrogens (tertiary/aromatic N) is 1. The van der Waals surface area contributed by atoms with Crippen molar-refractivity contribution in [3.8, 4) is 0 Å². The van der Waals surface area contributed by atoms with Gasteiger partial charge in [-0.1, -0.05) is 22.0 Å². The van der Waals surface area contributed by atoms with Crippen LogP contribution in [-0.4, -0.2) is 29.2 Å². The van der Waals surface area contributed by atoms with Crippen LogP contribution in [0.2, 0.25) is 0 Å². The number of carbonyl (C=O) groups excluding carboxylic acids is 1. The highest BCUT2D eigenvalue weighted by atomic mass is 79.9. The van der Waals surface area contributed by atoms with Crippen molar-refractivity contribution in [1.29, 1.82) is 0 Å². The summed E-state index contributed by atoms with van der Waals surface area (Å²) in [5.74, 6) is -0.897. The fraction of sp³-hybridized carbons (Fsp3) is 0.500. The number of rotatable bonds is 4. The van der Waals surface area contributed by atoms with Crippen LogP contribution < -0.4 is 0 Å². The third kappa shape index (κ3) is 3.75. The lowest BCUT2D eigenvalue weighted by atomic mass is 9.85. The smallest absolute Gasteiger partial charge is 0.226 e. The molecular formula is C14H16BrF2NO. The standard InChI is InChI=1S/C14H16BrF2NO/c1-18(8-9-4-11(15)5-9)14(19)6-10-2-3-12(16)7-13(10)17/h2-3,7,9,11H,4-6,8H2,1H3. The van der Waals surface area contributed by atoms with Gasteiger partial charge in [0.2, 0.25) is 5.91 Å². The Morgan fingerprint density at radius 2 is 2.11 bits per heavy atom. The molecule has 1 aromatic rings. The second-order valence-electron chi connectivity index (χ2n) is 5.12. The van der Waals surface area contributed by atoms with Crippen LogP contribution in [0.4, 0.5) is 8.78 Å². The number of likely N-dealkylation sites (N-methyl/N-ethyl adjacent to an activating group) is 1. The predicted octanol–water partition coefficient (Wildman–Crippen LogP) is 3.14. The third-order valence-electron chi connectivity index (χ3n) is 3.49. The van der Waals surface area contributed by atoms with E-state index in [1.54, 1.807) is 11.9 Å². The molecule has 0 radical (unpaired) electrons. The number of amides is 1. The van der Waals surface area contributed by atoms with Crippen LogP contribution in [0.15, 0.2) is 18.2 Å². The topological polar surface area (TPSA) is 20.3 Å². The normalized spacial score (nSPS) is 21.9. The molecule has 0 unspecified atom stereocenters. The minimum Gasteiger partial charge on any atom is -0.345 e. The van der Waals surface area contributed by atoms with E-state index in [9.17, 15) is 13.6 Å². The molecule has 0 heterocycles. The molecule has 1 aromatic carbocycles. The maximum absolute atomic E-state index is 13.4. The van der Waals surface area contributed by atoms with E-state index in [0.717, 1.165) is 18.9 Å². The van der Waals surface area contributed by atoms with E-state index in [2.05, 4.69) is 15.9 Å². The molecule has 5 heteroatoms. The van der Waals surface area contributed by atoms with E-state index < -0.39 is 11.6 Å². The largest absolute Gasteiger partial charge is 0.345 e. The first-order chi connectivity index (χ1) is 8.95. The highest BCUT2D eigenvalue weighted by Gasteiger charge is 2.28. The zero-order valence-electron chi connectivity index (χ0n) is 10.7. The monoisotopic (exact) mass is 331 g/mol. The number of carbonyl (C=O) groups is 1. The molecule has 2 nitrogen and oxygen atoms in total. The third-order valence-corrected chi connectivity index (χ3v) is 4.24. The van der Waals surface area contributed by atoms with Crippen LogP contribution >= 0.6 is 15.9 Å². The maximum atomic E-state index is 13.4. The van der Waals surface area contributed by atoms with Crippen molar-refractivity contribution >= 4 is 21.8 Å². The van der Waals surface area contributed by atoms with Crippen molar-refractivity contribution in [2.75, 3.05) is 13.6 Å². The molecule has 1 amide bonds. The second-order valence-corrected chi connectivity index (χ2v) is 6.42. The molecule has 104 valence electrons. The number of benzene rings is 1. The van der Waals surface area contributed by atoms with E-state index in [1.807, 2.05) is 0 Å². The van der Waals surface area contributed by atoms with Crippen LogP contribution in [0.25, 0.3) is 0 Å². The number of hydrogen-bond donors (Lipinski definition) is 0. The van der Waals surface area contributed by atoms with Crippen LogP contribution in [0, 0.1) is 17.6 Å². The lowest BCUT2D eigenvalue weighted by Crippen LogP contribution is -2.38. The molecule has 0 bridgehead atoms. The average molecular weight is 332 g/mol. The van der Waals surface area contributed by atoms with Gasteiger partial charge in [0.25, 0.3) is 0 Å². The molecule has 2 rings (SSSR count). The van der Waals surface area contributed by atoms with Gasteiger partial charge >= 0.3 is 0 Å². The Labute approximate surface area is 119 Å². The van der Waals surface area contributed by atoms with Crippen LogP contribution in [-0.2, 0) is 11.2 Å². The molecule has 0 atom stereocenters. The van der Waals surface area contributed by atoms with Crippen LogP contribution in [0.1, 0.15) is 18.4 Å². The molecule has 1 aliphatic rings. The Hall–Kier alpha value is -0.970.